The first kappa shape index (κ1) is 19.1. The highest BCUT2D eigenvalue weighted by Crippen LogP contribution is 2.27. The van der Waals surface area contributed by atoms with E-state index in [4.69, 9.17) is 9.15 Å². The minimum atomic E-state index is -0.335. The van der Waals surface area contributed by atoms with Crippen LogP contribution in [-0.4, -0.2) is 27.6 Å². The third kappa shape index (κ3) is 3.81. The van der Waals surface area contributed by atoms with Crippen LogP contribution >= 0.6 is 0 Å². The summed E-state index contributed by atoms with van der Waals surface area (Å²) in [6.45, 7) is 0. The molecule has 2 heterocycles. The van der Waals surface area contributed by atoms with Gasteiger partial charge in [0.25, 0.3) is 0 Å². The Bertz CT molecular complexity index is 1280. The Kier molecular flexibility index (Phi) is 5.09. The molecule has 0 saturated heterocycles. The second-order valence-electron chi connectivity index (χ2n) is 6.50. The maximum absolute atomic E-state index is 12.6. The molecule has 150 valence electrons. The molecule has 0 spiro atoms. The number of benzene rings is 2. The van der Waals surface area contributed by atoms with E-state index in [9.17, 15) is 14.7 Å². The van der Waals surface area contributed by atoms with Crippen LogP contribution in [0, 0.1) is 0 Å². The van der Waals surface area contributed by atoms with Gasteiger partial charge < -0.3 is 19.2 Å². The van der Waals surface area contributed by atoms with Gasteiger partial charge in [0.15, 0.2) is 23.0 Å². The fraction of sp³-hybridized carbons (Fsp3) is 0.0435. The van der Waals surface area contributed by atoms with Gasteiger partial charge in [0.2, 0.25) is 0 Å². The van der Waals surface area contributed by atoms with Gasteiger partial charge in [-0.2, -0.15) is 0 Å². The molecule has 0 amide bonds. The molecule has 0 unspecified atom stereocenters. The van der Waals surface area contributed by atoms with Crippen LogP contribution in [0.2, 0.25) is 0 Å². The minimum Gasteiger partial charge on any atom is -0.504 e. The van der Waals surface area contributed by atoms with E-state index >= 15 is 0 Å². The first-order chi connectivity index (χ1) is 14.5. The van der Waals surface area contributed by atoms with Crippen LogP contribution in [0.15, 0.2) is 82.3 Å². The first-order valence-electron chi connectivity index (χ1n) is 9.10. The number of imidazole rings is 1. The molecule has 4 aromatic rings. The van der Waals surface area contributed by atoms with E-state index in [1.54, 1.807) is 60.8 Å². The van der Waals surface area contributed by atoms with E-state index < -0.39 is 0 Å². The molecule has 0 aliphatic rings. The summed E-state index contributed by atoms with van der Waals surface area (Å²) in [4.78, 5) is 27.7. The molecule has 30 heavy (non-hydrogen) atoms. The maximum Gasteiger partial charge on any atom is 0.330 e. The normalized spacial score (nSPS) is 11.1. The fourth-order valence-corrected chi connectivity index (χ4v) is 3.02. The molecule has 7 nitrogen and oxygen atoms in total. The lowest BCUT2D eigenvalue weighted by atomic mass is 10.1. The van der Waals surface area contributed by atoms with Crippen molar-refractivity contribution in [3.8, 4) is 28.6 Å². The number of rotatable bonds is 6. The number of aromatic hydroxyl groups is 1. The zero-order valence-corrected chi connectivity index (χ0v) is 16.0. The minimum absolute atomic E-state index is 0.0274. The molecular weight excluding hydrogens is 384 g/mol. The van der Waals surface area contributed by atoms with Crippen molar-refractivity contribution in [2.45, 2.75) is 0 Å². The summed E-state index contributed by atoms with van der Waals surface area (Å²) in [5.41, 5.74) is 1.90. The highest BCUT2D eigenvalue weighted by atomic mass is 16.5. The SMILES string of the molecule is COc1cc(/C=C/C(=O)c2cccc(-n3cc(-c4ccco4)[nH]c3=O)c2)ccc1O. The summed E-state index contributed by atoms with van der Waals surface area (Å²) in [6.07, 6.45) is 6.22. The quantitative estimate of drug-likeness (QED) is 0.375. The molecule has 0 aliphatic carbocycles. The third-order valence-electron chi connectivity index (χ3n) is 4.55. The number of hydrogen-bond acceptors (Lipinski definition) is 5. The molecule has 0 radical (unpaired) electrons. The lowest BCUT2D eigenvalue weighted by Crippen LogP contribution is -2.14. The first-order valence-corrected chi connectivity index (χ1v) is 9.10. The Labute approximate surface area is 171 Å². The molecule has 2 aromatic carbocycles. The van der Waals surface area contributed by atoms with Gasteiger partial charge in [-0.1, -0.05) is 24.3 Å². The maximum atomic E-state index is 12.6. The third-order valence-corrected chi connectivity index (χ3v) is 4.55. The molecule has 7 heteroatoms. The number of aromatic amines is 1. The van der Waals surface area contributed by atoms with Gasteiger partial charge in [-0.05, 0) is 48.0 Å². The van der Waals surface area contributed by atoms with Crippen molar-refractivity contribution in [2.24, 2.45) is 0 Å². The Morgan fingerprint density at radius 2 is 2.03 bits per heavy atom. The molecule has 2 aromatic heterocycles. The summed E-state index contributed by atoms with van der Waals surface area (Å²) in [6, 6.07) is 15.1. The summed E-state index contributed by atoms with van der Waals surface area (Å²) in [7, 11) is 1.46. The smallest absolute Gasteiger partial charge is 0.330 e. The van der Waals surface area contributed by atoms with E-state index in [0.29, 0.717) is 34.0 Å². The Morgan fingerprint density at radius 3 is 2.80 bits per heavy atom. The second-order valence-corrected chi connectivity index (χ2v) is 6.50. The molecule has 0 aliphatic heterocycles. The van der Waals surface area contributed by atoms with Crippen LogP contribution in [0.1, 0.15) is 15.9 Å². The standard InChI is InChI=1S/C23H18N2O5/c1-29-22-12-15(8-10-20(22)27)7-9-19(26)16-4-2-5-17(13-16)25-14-18(24-23(25)28)21-6-3-11-30-21/h2-14,27H,1H3,(H,24,28)/b9-7+. The predicted octanol–water partition coefficient (Wildman–Crippen LogP) is 4.04. The van der Waals surface area contributed by atoms with Gasteiger partial charge in [-0.3, -0.25) is 9.36 Å². The van der Waals surface area contributed by atoms with Crippen molar-refractivity contribution >= 4 is 11.9 Å². The number of hydrogen-bond donors (Lipinski definition) is 2. The van der Waals surface area contributed by atoms with Crippen LogP contribution in [0.4, 0.5) is 0 Å². The topological polar surface area (TPSA) is 97.5 Å². The molecule has 0 saturated carbocycles. The van der Waals surface area contributed by atoms with Crippen LogP contribution in [0.25, 0.3) is 23.2 Å². The van der Waals surface area contributed by atoms with Crippen molar-refractivity contribution < 1.29 is 19.1 Å². The number of ketones is 1. The van der Waals surface area contributed by atoms with Crippen molar-refractivity contribution in [1.82, 2.24) is 9.55 Å². The van der Waals surface area contributed by atoms with Crippen molar-refractivity contribution in [1.29, 1.82) is 0 Å². The van der Waals surface area contributed by atoms with Crippen LogP contribution < -0.4 is 10.4 Å². The zero-order chi connectivity index (χ0) is 21.1. The van der Waals surface area contributed by atoms with Crippen molar-refractivity contribution in [2.75, 3.05) is 7.11 Å². The summed E-state index contributed by atoms with van der Waals surface area (Å²) in [5, 5.41) is 9.66. The molecule has 4 rings (SSSR count). The van der Waals surface area contributed by atoms with Crippen molar-refractivity contribution in [3.63, 3.8) is 0 Å². The molecule has 2 N–H and O–H groups in total. The van der Waals surface area contributed by atoms with Crippen LogP contribution in [0.5, 0.6) is 11.5 Å². The lowest BCUT2D eigenvalue weighted by molar-refractivity contribution is 0.104. The Balaban J connectivity index is 1.59. The number of carbonyl (C=O) groups is 1. The van der Waals surface area contributed by atoms with Gasteiger partial charge in [0, 0.05) is 11.8 Å². The summed E-state index contributed by atoms with van der Waals surface area (Å²) in [5.74, 6) is 0.675. The van der Waals surface area contributed by atoms with E-state index in [-0.39, 0.29) is 17.2 Å². The van der Waals surface area contributed by atoms with Gasteiger partial charge in [-0.25, -0.2) is 4.79 Å². The molecule has 0 atom stereocenters. The van der Waals surface area contributed by atoms with E-state index in [2.05, 4.69) is 4.98 Å². The predicted molar refractivity (Wildman–Crippen MR) is 112 cm³/mol. The highest BCUT2D eigenvalue weighted by molar-refractivity contribution is 6.07. The van der Waals surface area contributed by atoms with E-state index in [1.165, 1.54) is 30.1 Å². The Hall–Kier alpha value is -4.26. The van der Waals surface area contributed by atoms with Gasteiger partial charge >= 0.3 is 5.69 Å². The van der Waals surface area contributed by atoms with Gasteiger partial charge in [0.05, 0.1) is 19.1 Å². The number of aromatic nitrogens is 2. The summed E-state index contributed by atoms with van der Waals surface area (Å²) < 4.78 is 11.8. The number of methoxy groups -OCH3 is 1. The number of phenolic OH excluding ortho intramolecular Hbond substituents is 1. The molecule has 0 fully saturated rings. The zero-order valence-electron chi connectivity index (χ0n) is 16.0. The number of furan rings is 1. The number of ether oxygens (including phenoxy) is 1. The second kappa shape index (κ2) is 8.00. The number of nitrogens with zero attached hydrogens (tertiary/aromatic N) is 1. The monoisotopic (exact) mass is 402 g/mol. The molecule has 0 bridgehead atoms. The number of allylic oxidation sites excluding steroid dienone is 1. The fourth-order valence-electron chi connectivity index (χ4n) is 3.02. The van der Waals surface area contributed by atoms with E-state index in [1.807, 2.05) is 0 Å². The highest BCUT2D eigenvalue weighted by Gasteiger charge is 2.11. The largest absolute Gasteiger partial charge is 0.504 e. The number of phenols is 1. The molecular formula is C23H18N2O5. The lowest BCUT2D eigenvalue weighted by Gasteiger charge is -2.04. The summed E-state index contributed by atoms with van der Waals surface area (Å²) >= 11 is 0. The number of carbonyl (C=O) groups excluding carboxylic acids is 1. The van der Waals surface area contributed by atoms with Crippen molar-refractivity contribution in [3.05, 3.63) is 94.7 Å². The number of H-pyrrole nitrogens is 1. The van der Waals surface area contributed by atoms with Gasteiger partial charge in [0.1, 0.15) is 5.69 Å². The average molecular weight is 402 g/mol. The van der Waals surface area contributed by atoms with Crippen LogP contribution in [-0.2, 0) is 0 Å². The van der Waals surface area contributed by atoms with Crippen LogP contribution in [0.3, 0.4) is 0 Å². The number of nitrogens with one attached hydrogen (secondary N) is 1. The van der Waals surface area contributed by atoms with Gasteiger partial charge in [-0.15, -0.1) is 0 Å². The van der Waals surface area contributed by atoms with E-state index in [0.717, 1.165) is 0 Å². The Morgan fingerprint density at radius 1 is 1.17 bits per heavy atom. The average Bonchev–Trinajstić information content (AvgIpc) is 3.43.